The lowest BCUT2D eigenvalue weighted by Gasteiger charge is -2.03. The standard InChI is InChI=1S/C14H17ClN2OS2/c1-19-7-3-2-6-17-14(18)13-12(16)10-8-9(15)4-5-11(10)20-13/h4-5,8H,2-3,6-7,16H2,1H3,(H,17,18). The van der Waals surface area contributed by atoms with Gasteiger partial charge in [0.25, 0.3) is 5.91 Å². The minimum atomic E-state index is -0.0935. The second kappa shape index (κ2) is 7.20. The number of amides is 1. The van der Waals surface area contributed by atoms with E-state index in [0.29, 0.717) is 22.1 Å². The van der Waals surface area contributed by atoms with Gasteiger partial charge in [0.2, 0.25) is 0 Å². The minimum absolute atomic E-state index is 0.0935. The Morgan fingerprint density at radius 1 is 1.45 bits per heavy atom. The van der Waals surface area contributed by atoms with Gasteiger partial charge in [0.15, 0.2) is 0 Å². The van der Waals surface area contributed by atoms with Crippen LogP contribution >= 0.6 is 34.7 Å². The number of halogens is 1. The van der Waals surface area contributed by atoms with E-state index in [1.807, 2.05) is 23.9 Å². The largest absolute Gasteiger partial charge is 0.397 e. The number of hydrogen-bond donors (Lipinski definition) is 2. The van der Waals surface area contributed by atoms with Gasteiger partial charge in [-0.3, -0.25) is 4.79 Å². The summed E-state index contributed by atoms with van der Waals surface area (Å²) in [7, 11) is 0. The van der Waals surface area contributed by atoms with Gasteiger partial charge < -0.3 is 11.1 Å². The number of thioether (sulfide) groups is 1. The molecule has 0 atom stereocenters. The Bertz CT molecular complexity index is 612. The highest BCUT2D eigenvalue weighted by molar-refractivity contribution is 7.98. The highest BCUT2D eigenvalue weighted by Gasteiger charge is 2.16. The van der Waals surface area contributed by atoms with Crippen molar-refractivity contribution in [3.63, 3.8) is 0 Å². The highest BCUT2D eigenvalue weighted by Crippen LogP contribution is 2.35. The fraction of sp³-hybridized carbons (Fsp3) is 0.357. The summed E-state index contributed by atoms with van der Waals surface area (Å²) in [6.45, 7) is 0.688. The molecule has 0 bridgehead atoms. The van der Waals surface area contributed by atoms with E-state index < -0.39 is 0 Å². The first-order valence-electron chi connectivity index (χ1n) is 6.38. The molecular formula is C14H17ClN2OS2. The predicted octanol–water partition coefficient (Wildman–Crippen LogP) is 4.01. The van der Waals surface area contributed by atoms with Crippen molar-refractivity contribution in [2.45, 2.75) is 12.8 Å². The van der Waals surface area contributed by atoms with Crippen LogP contribution in [0, 0.1) is 0 Å². The van der Waals surface area contributed by atoms with E-state index in [1.54, 1.807) is 6.07 Å². The lowest BCUT2D eigenvalue weighted by Crippen LogP contribution is -2.24. The van der Waals surface area contributed by atoms with Crippen LogP contribution < -0.4 is 11.1 Å². The molecule has 3 N–H and O–H groups in total. The first-order chi connectivity index (χ1) is 9.63. The van der Waals surface area contributed by atoms with Crippen LogP contribution in [0.1, 0.15) is 22.5 Å². The molecule has 1 aromatic heterocycles. The summed E-state index contributed by atoms with van der Waals surface area (Å²) >= 11 is 9.19. The maximum absolute atomic E-state index is 12.1. The maximum atomic E-state index is 12.1. The van der Waals surface area contributed by atoms with Gasteiger partial charge in [0.05, 0.1) is 5.69 Å². The van der Waals surface area contributed by atoms with Crippen molar-refractivity contribution in [3.8, 4) is 0 Å². The second-order valence-corrected chi connectivity index (χ2v) is 6.92. The van der Waals surface area contributed by atoms with Crippen molar-refractivity contribution in [1.29, 1.82) is 0 Å². The number of benzene rings is 1. The van der Waals surface area contributed by atoms with Gasteiger partial charge >= 0.3 is 0 Å². The molecule has 1 heterocycles. The summed E-state index contributed by atoms with van der Waals surface area (Å²) in [6, 6.07) is 5.51. The van der Waals surface area contributed by atoms with E-state index in [0.717, 1.165) is 28.7 Å². The predicted molar refractivity (Wildman–Crippen MR) is 91.2 cm³/mol. The Kier molecular flexibility index (Phi) is 5.57. The molecule has 0 unspecified atom stereocenters. The molecule has 0 spiro atoms. The fourth-order valence-electron chi connectivity index (χ4n) is 1.91. The second-order valence-electron chi connectivity index (χ2n) is 4.44. The van der Waals surface area contributed by atoms with Crippen LogP contribution in [0.4, 0.5) is 5.69 Å². The fourth-order valence-corrected chi connectivity index (χ4v) is 3.60. The average Bonchev–Trinajstić information content (AvgIpc) is 2.76. The Morgan fingerprint density at radius 2 is 2.25 bits per heavy atom. The van der Waals surface area contributed by atoms with Crippen molar-refractivity contribution < 1.29 is 4.79 Å². The molecule has 6 heteroatoms. The molecule has 2 rings (SSSR count). The van der Waals surface area contributed by atoms with Crippen LogP contribution in [0.3, 0.4) is 0 Å². The van der Waals surface area contributed by atoms with Gasteiger partial charge in [0.1, 0.15) is 4.88 Å². The summed E-state index contributed by atoms with van der Waals surface area (Å²) in [6.07, 6.45) is 4.18. The molecule has 108 valence electrons. The van der Waals surface area contributed by atoms with Gasteiger partial charge in [-0.1, -0.05) is 11.6 Å². The van der Waals surface area contributed by atoms with Crippen LogP contribution in [-0.4, -0.2) is 24.5 Å². The monoisotopic (exact) mass is 328 g/mol. The van der Waals surface area contributed by atoms with Crippen LogP contribution in [-0.2, 0) is 0 Å². The molecule has 1 aromatic carbocycles. The molecule has 0 aliphatic carbocycles. The molecule has 0 fully saturated rings. The molecule has 3 nitrogen and oxygen atoms in total. The van der Waals surface area contributed by atoms with Gasteiger partial charge in [-0.05, 0) is 43.0 Å². The molecule has 0 saturated carbocycles. The van der Waals surface area contributed by atoms with Crippen molar-refractivity contribution in [2.24, 2.45) is 0 Å². The zero-order valence-corrected chi connectivity index (χ0v) is 13.6. The number of nitrogens with two attached hydrogens (primary N) is 1. The number of hydrogen-bond acceptors (Lipinski definition) is 4. The van der Waals surface area contributed by atoms with Gasteiger partial charge in [-0.25, -0.2) is 0 Å². The topological polar surface area (TPSA) is 55.1 Å². The SMILES string of the molecule is CSCCCCNC(=O)c1sc2ccc(Cl)cc2c1N. The number of nitrogens with one attached hydrogen (secondary N) is 1. The third-order valence-electron chi connectivity index (χ3n) is 2.96. The zero-order chi connectivity index (χ0) is 14.5. The Labute approximate surface area is 131 Å². The van der Waals surface area contributed by atoms with Crippen molar-refractivity contribution >= 4 is 56.4 Å². The van der Waals surface area contributed by atoms with Crippen LogP contribution in [0.25, 0.3) is 10.1 Å². The highest BCUT2D eigenvalue weighted by atomic mass is 35.5. The summed E-state index contributed by atoms with van der Waals surface area (Å²) in [5.74, 6) is 1.03. The van der Waals surface area contributed by atoms with Gasteiger partial charge in [0, 0.05) is 21.7 Å². The molecule has 0 aliphatic rings. The number of carbonyl (C=O) groups is 1. The maximum Gasteiger partial charge on any atom is 0.263 e. The molecule has 0 aliphatic heterocycles. The van der Waals surface area contributed by atoms with E-state index >= 15 is 0 Å². The van der Waals surface area contributed by atoms with Crippen LogP contribution in [0.15, 0.2) is 18.2 Å². The smallest absolute Gasteiger partial charge is 0.263 e. The van der Waals surface area contributed by atoms with E-state index in [2.05, 4.69) is 11.6 Å². The van der Waals surface area contributed by atoms with E-state index in [4.69, 9.17) is 17.3 Å². The number of fused-ring (bicyclic) bond motifs is 1. The number of anilines is 1. The van der Waals surface area contributed by atoms with E-state index in [1.165, 1.54) is 11.3 Å². The lowest BCUT2D eigenvalue weighted by atomic mass is 10.2. The lowest BCUT2D eigenvalue weighted by molar-refractivity contribution is 0.0958. The summed E-state index contributed by atoms with van der Waals surface area (Å²) < 4.78 is 0.986. The van der Waals surface area contributed by atoms with E-state index in [-0.39, 0.29) is 5.91 Å². The number of thiophene rings is 1. The van der Waals surface area contributed by atoms with Gasteiger partial charge in [-0.15, -0.1) is 11.3 Å². The molecule has 0 radical (unpaired) electrons. The number of carbonyl (C=O) groups excluding carboxylic acids is 1. The Morgan fingerprint density at radius 3 is 3.00 bits per heavy atom. The zero-order valence-electron chi connectivity index (χ0n) is 11.2. The first kappa shape index (κ1) is 15.5. The van der Waals surface area contributed by atoms with Crippen LogP contribution in [0.2, 0.25) is 5.02 Å². The molecule has 1 amide bonds. The number of nitrogen functional groups attached to an aromatic ring is 1. The first-order valence-corrected chi connectivity index (χ1v) is 8.97. The molecule has 20 heavy (non-hydrogen) atoms. The number of rotatable bonds is 6. The van der Waals surface area contributed by atoms with E-state index in [9.17, 15) is 4.79 Å². The third kappa shape index (κ3) is 3.59. The minimum Gasteiger partial charge on any atom is -0.397 e. The quantitative estimate of drug-likeness (QED) is 0.788. The van der Waals surface area contributed by atoms with Crippen molar-refractivity contribution in [3.05, 3.63) is 28.1 Å². The molecule has 0 saturated heterocycles. The van der Waals surface area contributed by atoms with Crippen molar-refractivity contribution in [1.82, 2.24) is 5.32 Å². The Balaban J connectivity index is 2.05. The number of unbranched alkanes of at least 4 members (excludes halogenated alkanes) is 1. The summed E-state index contributed by atoms with van der Waals surface area (Å²) in [4.78, 5) is 12.7. The average molecular weight is 329 g/mol. The summed E-state index contributed by atoms with van der Waals surface area (Å²) in [5.41, 5.74) is 6.57. The normalized spacial score (nSPS) is 10.9. The van der Waals surface area contributed by atoms with Crippen LogP contribution in [0.5, 0.6) is 0 Å². The van der Waals surface area contributed by atoms with Crippen molar-refractivity contribution in [2.75, 3.05) is 24.3 Å². The third-order valence-corrected chi connectivity index (χ3v) is 5.07. The molecule has 2 aromatic rings. The Hall–Kier alpha value is -0.910. The molecular weight excluding hydrogens is 312 g/mol. The van der Waals surface area contributed by atoms with Gasteiger partial charge in [-0.2, -0.15) is 11.8 Å². The summed E-state index contributed by atoms with van der Waals surface area (Å²) in [5, 5.41) is 4.41.